The van der Waals surface area contributed by atoms with Gasteiger partial charge in [0, 0.05) is 29.9 Å². The number of rotatable bonds is 3. The number of nitrogens with zero attached hydrogens (tertiary/aromatic N) is 3. The molecular formula is C17H22N4O. The zero-order valence-corrected chi connectivity index (χ0v) is 13.1. The summed E-state index contributed by atoms with van der Waals surface area (Å²) in [4.78, 5) is 16.5. The Balaban J connectivity index is 1.74. The molecule has 1 saturated heterocycles. The molecule has 0 aromatic carbocycles. The van der Waals surface area contributed by atoms with Crippen molar-refractivity contribution in [2.75, 3.05) is 6.54 Å². The normalized spacial score (nSPS) is 42.5. The first-order valence-electron chi connectivity index (χ1n) is 7.96. The van der Waals surface area contributed by atoms with Gasteiger partial charge in [-0.3, -0.25) is 14.8 Å². The molecule has 3 fully saturated rings. The largest absolute Gasteiger partial charge is 0.368 e. The fourth-order valence-corrected chi connectivity index (χ4v) is 5.47. The number of hydrazone groups is 1. The summed E-state index contributed by atoms with van der Waals surface area (Å²) in [6.07, 6.45) is 8.42. The lowest BCUT2D eigenvalue weighted by atomic mass is 9.65. The summed E-state index contributed by atoms with van der Waals surface area (Å²) in [5, 5.41) is 6.62. The molecule has 3 aliphatic rings. The third-order valence-corrected chi connectivity index (χ3v) is 6.97. The molecule has 2 N–H and O–H groups in total. The van der Waals surface area contributed by atoms with Crippen LogP contribution in [0.25, 0.3) is 0 Å². The highest BCUT2D eigenvalue weighted by molar-refractivity contribution is 5.88. The van der Waals surface area contributed by atoms with Crippen LogP contribution in [0, 0.1) is 16.7 Å². The predicted molar refractivity (Wildman–Crippen MR) is 84.0 cm³/mol. The van der Waals surface area contributed by atoms with Gasteiger partial charge in [0.05, 0.1) is 6.21 Å². The van der Waals surface area contributed by atoms with Crippen LogP contribution in [0.15, 0.2) is 29.6 Å². The van der Waals surface area contributed by atoms with E-state index in [-0.39, 0.29) is 16.7 Å². The molecule has 5 heteroatoms. The zero-order valence-electron chi connectivity index (χ0n) is 13.1. The molecular weight excluding hydrogens is 276 g/mol. The molecule has 22 heavy (non-hydrogen) atoms. The molecule has 2 aliphatic carbocycles. The Kier molecular flexibility index (Phi) is 2.55. The number of carbonyl (C=O) groups excluding carboxylic acids is 1. The molecule has 4 bridgehead atoms. The number of pyridine rings is 1. The Morgan fingerprint density at radius 1 is 1.55 bits per heavy atom. The van der Waals surface area contributed by atoms with Crippen molar-refractivity contribution in [2.45, 2.75) is 38.6 Å². The molecule has 5 nitrogen and oxygen atoms in total. The van der Waals surface area contributed by atoms with Crippen LogP contribution in [0.3, 0.4) is 0 Å². The van der Waals surface area contributed by atoms with Gasteiger partial charge in [0.1, 0.15) is 5.54 Å². The monoisotopic (exact) mass is 298 g/mol. The fourth-order valence-electron chi connectivity index (χ4n) is 5.47. The van der Waals surface area contributed by atoms with Crippen molar-refractivity contribution in [1.82, 2.24) is 9.99 Å². The van der Waals surface area contributed by atoms with Gasteiger partial charge in [0.15, 0.2) is 0 Å². The van der Waals surface area contributed by atoms with Gasteiger partial charge in [-0.1, -0.05) is 19.9 Å². The van der Waals surface area contributed by atoms with Gasteiger partial charge >= 0.3 is 0 Å². The SMILES string of the molecule is C[C@@]12CC[C@@H]3C[C@@]1(C(N)=O)N(/N=C\c1cccnc1)C[C@@]32C. The molecule has 0 spiro atoms. The molecule has 4 atom stereocenters. The number of aromatic nitrogens is 1. The Bertz CT molecular complexity index is 660. The lowest BCUT2D eigenvalue weighted by Crippen LogP contribution is -2.60. The Morgan fingerprint density at radius 3 is 3.00 bits per heavy atom. The van der Waals surface area contributed by atoms with E-state index in [9.17, 15) is 4.79 Å². The third-order valence-electron chi connectivity index (χ3n) is 6.97. The molecule has 1 aromatic heterocycles. The van der Waals surface area contributed by atoms with Crippen molar-refractivity contribution in [1.29, 1.82) is 0 Å². The number of amides is 1. The quantitative estimate of drug-likeness (QED) is 0.865. The number of nitrogens with two attached hydrogens (primary N) is 1. The number of piperidine rings is 1. The second kappa shape index (κ2) is 4.09. The van der Waals surface area contributed by atoms with Crippen LogP contribution in [0.1, 0.15) is 38.7 Å². The molecule has 1 amide bonds. The van der Waals surface area contributed by atoms with Crippen LogP contribution in [0.4, 0.5) is 0 Å². The first-order valence-corrected chi connectivity index (χ1v) is 7.96. The summed E-state index contributed by atoms with van der Waals surface area (Å²) in [6.45, 7) is 5.37. The van der Waals surface area contributed by atoms with E-state index in [2.05, 4.69) is 23.9 Å². The Labute approximate surface area is 130 Å². The number of primary amides is 1. The van der Waals surface area contributed by atoms with Crippen LogP contribution >= 0.6 is 0 Å². The number of hydrogen-bond acceptors (Lipinski definition) is 4. The Hall–Kier alpha value is -1.91. The first kappa shape index (κ1) is 13.7. The van der Waals surface area contributed by atoms with Crippen LogP contribution in [0.2, 0.25) is 0 Å². The highest BCUT2D eigenvalue weighted by Gasteiger charge is 2.80. The summed E-state index contributed by atoms with van der Waals surface area (Å²) in [5.74, 6) is 0.374. The first-order chi connectivity index (χ1) is 10.4. The fraction of sp³-hybridized carbons (Fsp3) is 0.588. The maximum Gasteiger partial charge on any atom is 0.245 e. The van der Waals surface area contributed by atoms with Gasteiger partial charge in [0.2, 0.25) is 5.91 Å². The molecule has 4 rings (SSSR count). The average Bonchev–Trinajstić information content (AvgIpc) is 2.95. The van der Waals surface area contributed by atoms with E-state index in [0.29, 0.717) is 5.92 Å². The second-order valence-corrected chi connectivity index (χ2v) is 7.50. The molecule has 0 unspecified atom stereocenters. The minimum Gasteiger partial charge on any atom is -0.368 e. The van der Waals surface area contributed by atoms with E-state index >= 15 is 0 Å². The van der Waals surface area contributed by atoms with E-state index < -0.39 is 5.54 Å². The zero-order chi connectivity index (χ0) is 15.6. The molecule has 2 heterocycles. The molecule has 2 saturated carbocycles. The van der Waals surface area contributed by atoms with Crippen molar-refractivity contribution in [3.05, 3.63) is 30.1 Å². The van der Waals surface area contributed by atoms with Gasteiger partial charge in [0.25, 0.3) is 0 Å². The molecule has 1 aliphatic heterocycles. The van der Waals surface area contributed by atoms with Crippen molar-refractivity contribution in [2.24, 2.45) is 27.6 Å². The van der Waals surface area contributed by atoms with Crippen molar-refractivity contribution < 1.29 is 4.79 Å². The van der Waals surface area contributed by atoms with Gasteiger partial charge in [-0.05, 0) is 36.7 Å². The lowest BCUT2D eigenvalue weighted by molar-refractivity contribution is -0.135. The predicted octanol–water partition coefficient (Wildman–Crippen LogP) is 1.78. The maximum absolute atomic E-state index is 12.4. The molecule has 1 aromatic rings. The number of carbonyl (C=O) groups is 1. The summed E-state index contributed by atoms with van der Waals surface area (Å²) in [6, 6.07) is 3.84. The highest BCUT2D eigenvalue weighted by atomic mass is 16.2. The standard InChI is InChI=1S/C17H22N4O/c1-15-11-21(20-10-12-4-3-7-19-9-12)17(14(18)22)8-13(15)5-6-16(15,17)2/h3-4,7,9-10,13H,5-6,8,11H2,1-2H3,(H2,18,22)/b20-10-/t13-,15+,16+,17+/m1/s1. The van der Waals surface area contributed by atoms with Crippen molar-refractivity contribution >= 4 is 12.1 Å². The number of hydrogen-bond donors (Lipinski definition) is 1. The average molecular weight is 298 g/mol. The molecule has 0 radical (unpaired) electrons. The van der Waals surface area contributed by atoms with Gasteiger partial charge in [-0.2, -0.15) is 5.10 Å². The van der Waals surface area contributed by atoms with Crippen molar-refractivity contribution in [3.63, 3.8) is 0 Å². The third kappa shape index (κ3) is 1.33. The minimum atomic E-state index is -0.622. The lowest BCUT2D eigenvalue weighted by Gasteiger charge is -2.44. The summed E-state index contributed by atoms with van der Waals surface area (Å²) in [7, 11) is 0. The van der Waals surface area contributed by atoms with Gasteiger partial charge in [-0.25, -0.2) is 0 Å². The van der Waals surface area contributed by atoms with E-state index in [4.69, 9.17) is 5.73 Å². The van der Waals surface area contributed by atoms with Gasteiger partial charge < -0.3 is 5.73 Å². The van der Waals surface area contributed by atoms with E-state index in [1.165, 1.54) is 6.42 Å². The van der Waals surface area contributed by atoms with Crippen LogP contribution in [-0.4, -0.2) is 34.2 Å². The molecule has 116 valence electrons. The summed E-state index contributed by atoms with van der Waals surface area (Å²) >= 11 is 0. The Morgan fingerprint density at radius 2 is 2.36 bits per heavy atom. The van der Waals surface area contributed by atoms with E-state index in [0.717, 1.165) is 24.9 Å². The van der Waals surface area contributed by atoms with E-state index in [1.807, 2.05) is 17.1 Å². The van der Waals surface area contributed by atoms with Gasteiger partial charge in [-0.15, -0.1) is 0 Å². The van der Waals surface area contributed by atoms with E-state index in [1.54, 1.807) is 18.6 Å². The van der Waals surface area contributed by atoms with Crippen LogP contribution in [-0.2, 0) is 4.79 Å². The topological polar surface area (TPSA) is 71.6 Å². The maximum atomic E-state index is 12.4. The highest BCUT2D eigenvalue weighted by Crippen LogP contribution is 2.75. The summed E-state index contributed by atoms with van der Waals surface area (Å²) in [5.41, 5.74) is 6.27. The van der Waals surface area contributed by atoms with Crippen molar-refractivity contribution in [3.8, 4) is 0 Å². The second-order valence-electron chi connectivity index (χ2n) is 7.50. The summed E-state index contributed by atoms with van der Waals surface area (Å²) < 4.78 is 0. The smallest absolute Gasteiger partial charge is 0.245 e. The minimum absolute atomic E-state index is 0.0667. The van der Waals surface area contributed by atoms with Crippen LogP contribution < -0.4 is 5.73 Å². The van der Waals surface area contributed by atoms with Crippen LogP contribution in [0.5, 0.6) is 0 Å².